The van der Waals surface area contributed by atoms with E-state index in [1.54, 1.807) is 13.8 Å². The molecule has 1 saturated heterocycles. The van der Waals surface area contributed by atoms with Gasteiger partial charge in [-0.15, -0.1) is 0 Å². The molecule has 18 heavy (non-hydrogen) atoms. The molecular weight excluding hydrogens is 228 g/mol. The monoisotopic (exact) mass is 250 g/mol. The lowest BCUT2D eigenvalue weighted by molar-refractivity contribution is -0.158. The zero-order chi connectivity index (χ0) is 13.5. The number of hydrogen-bond donors (Lipinski definition) is 1. The molecule has 0 aromatic heterocycles. The van der Waals surface area contributed by atoms with E-state index in [0.717, 1.165) is 12.8 Å². The lowest BCUT2D eigenvalue weighted by Gasteiger charge is -2.47. The van der Waals surface area contributed by atoms with Gasteiger partial charge in [0.1, 0.15) is 11.6 Å². The van der Waals surface area contributed by atoms with Crippen LogP contribution in [0.2, 0.25) is 0 Å². The molecule has 1 heterocycles. The fourth-order valence-electron chi connectivity index (χ4n) is 2.86. The van der Waals surface area contributed by atoms with Crippen molar-refractivity contribution in [2.75, 3.05) is 0 Å². The standard InChI is InChI=1S/C14H22N2O2/c1-9(2)11-12(17)15-14(3,4)13(18)16(11)10-7-5-6-8-10/h5-6,9-11H,7-8H2,1-4H3,(H,15,17). The Kier molecular flexibility index (Phi) is 3.21. The van der Waals surface area contributed by atoms with E-state index >= 15 is 0 Å². The van der Waals surface area contributed by atoms with E-state index in [2.05, 4.69) is 17.5 Å². The van der Waals surface area contributed by atoms with Gasteiger partial charge in [0, 0.05) is 6.04 Å². The Labute approximate surface area is 108 Å². The molecule has 0 radical (unpaired) electrons. The molecule has 2 rings (SSSR count). The SMILES string of the molecule is CC(C)C1C(=O)NC(C)(C)C(=O)N1C1CC=CC1. The molecular formula is C14H22N2O2. The first-order valence-corrected chi connectivity index (χ1v) is 6.64. The van der Waals surface area contributed by atoms with E-state index < -0.39 is 5.54 Å². The van der Waals surface area contributed by atoms with Gasteiger partial charge >= 0.3 is 0 Å². The second-order valence-corrected chi connectivity index (χ2v) is 6.11. The van der Waals surface area contributed by atoms with Gasteiger partial charge in [0.05, 0.1) is 0 Å². The normalized spacial score (nSPS) is 28.1. The average Bonchev–Trinajstić information content (AvgIpc) is 2.74. The second kappa shape index (κ2) is 4.41. The van der Waals surface area contributed by atoms with E-state index in [4.69, 9.17) is 0 Å². The lowest BCUT2D eigenvalue weighted by Crippen LogP contribution is -2.70. The van der Waals surface area contributed by atoms with Gasteiger partial charge in [-0.05, 0) is 32.6 Å². The van der Waals surface area contributed by atoms with Crippen molar-refractivity contribution >= 4 is 11.8 Å². The van der Waals surface area contributed by atoms with Gasteiger partial charge < -0.3 is 10.2 Å². The predicted octanol–water partition coefficient (Wildman–Crippen LogP) is 1.47. The predicted molar refractivity (Wildman–Crippen MR) is 69.9 cm³/mol. The van der Waals surface area contributed by atoms with Gasteiger partial charge in [-0.25, -0.2) is 0 Å². The molecule has 2 amide bonds. The summed E-state index contributed by atoms with van der Waals surface area (Å²) >= 11 is 0. The van der Waals surface area contributed by atoms with Crippen LogP contribution in [0, 0.1) is 5.92 Å². The van der Waals surface area contributed by atoms with Crippen molar-refractivity contribution in [3.05, 3.63) is 12.2 Å². The Hall–Kier alpha value is -1.32. The highest BCUT2D eigenvalue weighted by Crippen LogP contribution is 2.29. The summed E-state index contributed by atoms with van der Waals surface area (Å²) in [7, 11) is 0. The third kappa shape index (κ3) is 2.04. The van der Waals surface area contributed by atoms with Crippen molar-refractivity contribution in [1.29, 1.82) is 0 Å². The summed E-state index contributed by atoms with van der Waals surface area (Å²) in [6.07, 6.45) is 5.90. The highest BCUT2D eigenvalue weighted by atomic mass is 16.2. The largest absolute Gasteiger partial charge is 0.340 e. The first-order chi connectivity index (χ1) is 8.34. The fourth-order valence-corrected chi connectivity index (χ4v) is 2.86. The maximum Gasteiger partial charge on any atom is 0.248 e. The number of rotatable bonds is 2. The quantitative estimate of drug-likeness (QED) is 0.754. The summed E-state index contributed by atoms with van der Waals surface area (Å²) in [5.74, 6) is 0.140. The summed E-state index contributed by atoms with van der Waals surface area (Å²) in [5.41, 5.74) is -0.787. The summed E-state index contributed by atoms with van der Waals surface area (Å²) in [6, 6.07) is -0.189. The third-order valence-corrected chi connectivity index (χ3v) is 3.78. The van der Waals surface area contributed by atoms with Crippen LogP contribution in [0.25, 0.3) is 0 Å². The Morgan fingerprint density at radius 2 is 1.83 bits per heavy atom. The Bertz CT molecular complexity index is 391. The maximum absolute atomic E-state index is 12.6. The summed E-state index contributed by atoms with van der Waals surface area (Å²) in [6.45, 7) is 7.54. The van der Waals surface area contributed by atoms with Crippen molar-refractivity contribution in [2.24, 2.45) is 5.92 Å². The Balaban J connectivity index is 2.33. The molecule has 1 fully saturated rings. The van der Waals surface area contributed by atoms with Gasteiger partial charge in [0.25, 0.3) is 0 Å². The number of nitrogens with one attached hydrogen (secondary N) is 1. The van der Waals surface area contributed by atoms with Crippen LogP contribution in [0.1, 0.15) is 40.5 Å². The van der Waals surface area contributed by atoms with Crippen LogP contribution in [0.15, 0.2) is 12.2 Å². The van der Waals surface area contributed by atoms with Crippen molar-refractivity contribution in [3.8, 4) is 0 Å². The zero-order valence-corrected chi connectivity index (χ0v) is 11.6. The third-order valence-electron chi connectivity index (χ3n) is 3.78. The van der Waals surface area contributed by atoms with Crippen LogP contribution < -0.4 is 5.32 Å². The van der Waals surface area contributed by atoms with Crippen LogP contribution in [-0.2, 0) is 9.59 Å². The van der Waals surface area contributed by atoms with Crippen LogP contribution in [0.5, 0.6) is 0 Å². The highest BCUT2D eigenvalue weighted by molar-refractivity contribution is 5.99. The molecule has 0 aromatic carbocycles. The van der Waals surface area contributed by atoms with Gasteiger partial charge in [-0.1, -0.05) is 26.0 Å². The van der Waals surface area contributed by atoms with Crippen LogP contribution in [0.3, 0.4) is 0 Å². The lowest BCUT2D eigenvalue weighted by atomic mass is 9.89. The minimum atomic E-state index is -0.787. The van der Waals surface area contributed by atoms with E-state index in [0.29, 0.717) is 0 Å². The number of amides is 2. The van der Waals surface area contributed by atoms with Gasteiger partial charge in [-0.2, -0.15) is 0 Å². The summed E-state index contributed by atoms with van der Waals surface area (Å²) in [5, 5.41) is 2.84. The fraction of sp³-hybridized carbons (Fsp3) is 0.714. The number of carbonyl (C=O) groups excluding carboxylic acids is 2. The van der Waals surface area contributed by atoms with Crippen molar-refractivity contribution < 1.29 is 9.59 Å². The molecule has 2 aliphatic rings. The molecule has 1 unspecified atom stereocenters. The molecule has 4 nitrogen and oxygen atoms in total. The van der Waals surface area contributed by atoms with Crippen LogP contribution >= 0.6 is 0 Å². The zero-order valence-electron chi connectivity index (χ0n) is 11.6. The van der Waals surface area contributed by atoms with Crippen molar-refractivity contribution in [1.82, 2.24) is 10.2 Å². The highest BCUT2D eigenvalue weighted by Gasteiger charge is 2.48. The van der Waals surface area contributed by atoms with Crippen LogP contribution in [0.4, 0.5) is 0 Å². The van der Waals surface area contributed by atoms with Crippen LogP contribution in [-0.4, -0.2) is 34.3 Å². The summed E-state index contributed by atoms with van der Waals surface area (Å²) in [4.78, 5) is 26.6. The van der Waals surface area contributed by atoms with Gasteiger partial charge in [-0.3, -0.25) is 9.59 Å². The second-order valence-electron chi connectivity index (χ2n) is 6.11. The average molecular weight is 250 g/mol. The number of hydrogen-bond acceptors (Lipinski definition) is 2. The van der Waals surface area contributed by atoms with Crippen molar-refractivity contribution in [2.45, 2.75) is 58.2 Å². The first kappa shape index (κ1) is 13.1. The van der Waals surface area contributed by atoms with E-state index in [9.17, 15) is 9.59 Å². The molecule has 0 bridgehead atoms. The molecule has 100 valence electrons. The maximum atomic E-state index is 12.6. The Morgan fingerprint density at radius 3 is 2.33 bits per heavy atom. The molecule has 1 aliphatic carbocycles. The first-order valence-electron chi connectivity index (χ1n) is 6.64. The van der Waals surface area contributed by atoms with Gasteiger partial charge in [0.15, 0.2) is 0 Å². The molecule has 0 saturated carbocycles. The Morgan fingerprint density at radius 1 is 1.28 bits per heavy atom. The molecule has 4 heteroatoms. The smallest absolute Gasteiger partial charge is 0.248 e. The number of nitrogens with zero attached hydrogens (tertiary/aromatic N) is 1. The van der Waals surface area contributed by atoms with E-state index in [1.165, 1.54) is 0 Å². The molecule has 1 aliphatic heterocycles. The van der Waals surface area contributed by atoms with E-state index in [-0.39, 0.29) is 29.8 Å². The molecule has 0 spiro atoms. The minimum Gasteiger partial charge on any atom is -0.340 e. The molecule has 1 N–H and O–H groups in total. The molecule has 0 aromatic rings. The topological polar surface area (TPSA) is 49.4 Å². The minimum absolute atomic E-state index is 0.0264. The number of piperazine rings is 1. The summed E-state index contributed by atoms with van der Waals surface area (Å²) < 4.78 is 0. The molecule has 1 atom stereocenters. The van der Waals surface area contributed by atoms with Crippen molar-refractivity contribution in [3.63, 3.8) is 0 Å². The van der Waals surface area contributed by atoms with E-state index in [1.807, 2.05) is 18.7 Å². The van der Waals surface area contributed by atoms with Gasteiger partial charge in [0.2, 0.25) is 11.8 Å². The number of carbonyl (C=O) groups is 2.